The predicted molar refractivity (Wildman–Crippen MR) is 90.8 cm³/mol. The molecule has 1 fully saturated rings. The number of halogens is 1. The van der Waals surface area contributed by atoms with E-state index >= 15 is 0 Å². The highest BCUT2D eigenvalue weighted by Gasteiger charge is 2.34. The van der Waals surface area contributed by atoms with Gasteiger partial charge >= 0.3 is 0 Å². The number of aromatic nitrogens is 2. The van der Waals surface area contributed by atoms with E-state index < -0.39 is 0 Å². The van der Waals surface area contributed by atoms with Crippen LogP contribution < -0.4 is 4.74 Å². The van der Waals surface area contributed by atoms with E-state index in [4.69, 9.17) is 16.3 Å². The van der Waals surface area contributed by atoms with Crippen molar-refractivity contribution in [3.05, 3.63) is 41.3 Å². The average Bonchev–Trinajstić information content (AvgIpc) is 3.22. The van der Waals surface area contributed by atoms with Crippen LogP contribution in [0.5, 0.6) is 5.75 Å². The summed E-state index contributed by atoms with van der Waals surface area (Å²) in [5.74, 6) is 1.58. The Morgan fingerprint density at radius 3 is 3.17 bits per heavy atom. The van der Waals surface area contributed by atoms with Gasteiger partial charge in [0.1, 0.15) is 12.4 Å². The molecule has 2 aromatic rings. The molecule has 5 nitrogen and oxygen atoms in total. The Kier molecular flexibility index (Phi) is 4.06. The minimum Gasteiger partial charge on any atom is -0.490 e. The van der Waals surface area contributed by atoms with Gasteiger partial charge in [0.2, 0.25) is 0 Å². The van der Waals surface area contributed by atoms with E-state index in [1.807, 2.05) is 30.5 Å². The lowest BCUT2D eigenvalue weighted by Crippen LogP contribution is -2.38. The molecular formula is C17H19ClN4O. The van der Waals surface area contributed by atoms with E-state index in [0.29, 0.717) is 23.7 Å². The molecule has 1 saturated heterocycles. The van der Waals surface area contributed by atoms with Crippen LogP contribution >= 0.6 is 11.6 Å². The molecule has 6 heteroatoms. The van der Waals surface area contributed by atoms with E-state index in [1.54, 1.807) is 6.33 Å². The van der Waals surface area contributed by atoms with Crippen LogP contribution in [0.4, 0.5) is 5.82 Å². The summed E-state index contributed by atoms with van der Waals surface area (Å²) in [4.78, 5) is 14.4. The number of H-pyrrole nitrogens is 1. The second-order valence-electron chi connectivity index (χ2n) is 5.98. The van der Waals surface area contributed by atoms with Gasteiger partial charge in [0.25, 0.3) is 0 Å². The zero-order valence-electron chi connectivity index (χ0n) is 12.8. The van der Waals surface area contributed by atoms with Crippen LogP contribution in [-0.4, -0.2) is 40.3 Å². The van der Waals surface area contributed by atoms with Crippen molar-refractivity contribution in [3.63, 3.8) is 0 Å². The summed E-state index contributed by atoms with van der Waals surface area (Å²) >= 11 is 6.18. The van der Waals surface area contributed by atoms with Gasteiger partial charge < -0.3 is 9.72 Å². The van der Waals surface area contributed by atoms with Gasteiger partial charge in [0.05, 0.1) is 23.1 Å². The molecule has 0 spiro atoms. The molecular weight excluding hydrogens is 312 g/mol. The predicted octanol–water partition coefficient (Wildman–Crippen LogP) is 3.75. The van der Waals surface area contributed by atoms with Crippen molar-refractivity contribution in [2.45, 2.75) is 31.3 Å². The number of aliphatic imine (C=N–C) groups is 1. The van der Waals surface area contributed by atoms with Gasteiger partial charge in [-0.25, -0.2) is 9.98 Å². The van der Waals surface area contributed by atoms with E-state index in [-0.39, 0.29) is 0 Å². The minimum atomic E-state index is 0.312. The lowest BCUT2D eigenvalue weighted by atomic mass is 10.1. The molecule has 0 radical (unpaired) electrons. The lowest BCUT2D eigenvalue weighted by Gasteiger charge is -2.33. The standard InChI is InChI=1S/C17H19ClN4O/c18-13-5-1-2-6-15(13)23-10-12-4-3-9-22(12)14-7-8-19-17-16(14)20-11-21-17/h1-2,5-6,8,11-12,14H,3-4,7,9-10H2,(H,20,21)/t12-,14?/m1/s1. The summed E-state index contributed by atoms with van der Waals surface area (Å²) < 4.78 is 5.98. The van der Waals surface area contributed by atoms with Crippen LogP contribution in [0.3, 0.4) is 0 Å². The number of rotatable bonds is 4. The monoisotopic (exact) mass is 330 g/mol. The SMILES string of the molecule is Clc1ccccc1OC[C@H]1CCCN1C1CC=Nc2nc[nH]c21. The van der Waals surface area contributed by atoms with Crippen molar-refractivity contribution in [1.82, 2.24) is 14.9 Å². The summed E-state index contributed by atoms with van der Waals surface area (Å²) in [6, 6.07) is 8.34. The molecule has 1 aromatic carbocycles. The fourth-order valence-electron chi connectivity index (χ4n) is 3.50. The van der Waals surface area contributed by atoms with Crippen LogP contribution in [-0.2, 0) is 0 Å². The Morgan fingerprint density at radius 2 is 2.26 bits per heavy atom. The fraction of sp³-hybridized carbons (Fsp3) is 0.412. The van der Waals surface area contributed by atoms with Crippen LogP contribution in [0.15, 0.2) is 35.6 Å². The molecule has 2 aliphatic heterocycles. The van der Waals surface area contributed by atoms with Gasteiger partial charge in [-0.15, -0.1) is 0 Å². The number of benzene rings is 1. The molecule has 0 saturated carbocycles. The largest absolute Gasteiger partial charge is 0.490 e. The van der Waals surface area contributed by atoms with Gasteiger partial charge in [0, 0.05) is 18.7 Å². The third-order valence-electron chi connectivity index (χ3n) is 4.61. The highest BCUT2D eigenvalue weighted by atomic mass is 35.5. The second-order valence-corrected chi connectivity index (χ2v) is 6.39. The molecule has 4 rings (SSSR count). The lowest BCUT2D eigenvalue weighted by molar-refractivity contribution is 0.130. The van der Waals surface area contributed by atoms with Crippen molar-refractivity contribution in [2.24, 2.45) is 4.99 Å². The first-order valence-corrected chi connectivity index (χ1v) is 8.39. The van der Waals surface area contributed by atoms with Gasteiger partial charge in [-0.2, -0.15) is 0 Å². The Morgan fingerprint density at radius 1 is 1.35 bits per heavy atom. The highest BCUT2D eigenvalue weighted by Crippen LogP contribution is 2.37. The number of ether oxygens (including phenoxy) is 1. The Bertz CT molecular complexity index is 714. The molecule has 23 heavy (non-hydrogen) atoms. The van der Waals surface area contributed by atoms with E-state index in [9.17, 15) is 0 Å². The Balaban J connectivity index is 1.47. The molecule has 2 aliphatic rings. The van der Waals surface area contributed by atoms with E-state index in [0.717, 1.165) is 36.6 Å². The minimum absolute atomic E-state index is 0.312. The summed E-state index contributed by atoms with van der Waals surface area (Å²) in [5, 5.41) is 0.665. The quantitative estimate of drug-likeness (QED) is 0.928. The fourth-order valence-corrected chi connectivity index (χ4v) is 3.69. The maximum absolute atomic E-state index is 6.18. The number of hydrogen-bond acceptors (Lipinski definition) is 4. The smallest absolute Gasteiger partial charge is 0.174 e. The maximum atomic E-state index is 6.18. The Hall–Kier alpha value is -1.85. The Labute approximate surface area is 140 Å². The van der Waals surface area contributed by atoms with E-state index in [1.165, 1.54) is 6.42 Å². The molecule has 1 N–H and O–H groups in total. The van der Waals surface area contributed by atoms with Gasteiger partial charge in [-0.3, -0.25) is 4.90 Å². The average molecular weight is 331 g/mol. The van der Waals surface area contributed by atoms with Crippen molar-refractivity contribution in [2.75, 3.05) is 13.2 Å². The summed E-state index contributed by atoms with van der Waals surface area (Å²) in [7, 11) is 0. The maximum Gasteiger partial charge on any atom is 0.174 e. The first-order chi connectivity index (χ1) is 11.3. The zero-order valence-corrected chi connectivity index (χ0v) is 13.5. The number of para-hydroxylation sites is 1. The van der Waals surface area contributed by atoms with E-state index in [2.05, 4.69) is 19.9 Å². The summed E-state index contributed by atoms with van der Waals surface area (Å²) in [5.41, 5.74) is 1.12. The molecule has 2 atom stereocenters. The molecule has 3 heterocycles. The number of likely N-dealkylation sites (tertiary alicyclic amines) is 1. The topological polar surface area (TPSA) is 53.5 Å². The van der Waals surface area contributed by atoms with Crippen LogP contribution in [0, 0.1) is 0 Å². The third kappa shape index (κ3) is 2.86. The molecule has 0 bridgehead atoms. The van der Waals surface area contributed by atoms with Crippen molar-refractivity contribution < 1.29 is 4.74 Å². The molecule has 0 amide bonds. The first-order valence-electron chi connectivity index (χ1n) is 8.02. The first kappa shape index (κ1) is 14.7. The number of imidazole rings is 1. The molecule has 1 unspecified atom stereocenters. The van der Waals surface area contributed by atoms with Crippen molar-refractivity contribution >= 4 is 23.6 Å². The molecule has 1 aromatic heterocycles. The van der Waals surface area contributed by atoms with Crippen LogP contribution in [0.1, 0.15) is 31.0 Å². The van der Waals surface area contributed by atoms with Gasteiger partial charge in [0.15, 0.2) is 5.82 Å². The molecule has 120 valence electrons. The van der Waals surface area contributed by atoms with Crippen molar-refractivity contribution in [1.29, 1.82) is 0 Å². The number of hydrogen-bond donors (Lipinski definition) is 1. The van der Waals surface area contributed by atoms with Crippen LogP contribution in [0.25, 0.3) is 0 Å². The summed E-state index contributed by atoms with van der Waals surface area (Å²) in [6.45, 7) is 1.73. The number of nitrogens with zero attached hydrogens (tertiary/aromatic N) is 3. The highest BCUT2D eigenvalue weighted by molar-refractivity contribution is 6.32. The summed E-state index contributed by atoms with van der Waals surface area (Å²) in [6.07, 6.45) is 6.94. The third-order valence-corrected chi connectivity index (χ3v) is 4.93. The van der Waals surface area contributed by atoms with Crippen molar-refractivity contribution in [3.8, 4) is 5.75 Å². The normalized spacial score (nSPS) is 23.9. The number of nitrogens with one attached hydrogen (secondary N) is 1. The number of aromatic amines is 1. The van der Waals surface area contributed by atoms with Gasteiger partial charge in [-0.05, 0) is 31.5 Å². The second kappa shape index (κ2) is 6.34. The number of fused-ring (bicyclic) bond motifs is 1. The molecule has 0 aliphatic carbocycles. The zero-order chi connectivity index (χ0) is 15.6. The van der Waals surface area contributed by atoms with Crippen LogP contribution in [0.2, 0.25) is 5.02 Å². The van der Waals surface area contributed by atoms with Gasteiger partial charge in [-0.1, -0.05) is 23.7 Å².